The van der Waals surface area contributed by atoms with Gasteiger partial charge in [0, 0.05) is 5.56 Å². The molecule has 0 bridgehead atoms. The lowest BCUT2D eigenvalue weighted by atomic mass is 10.1. The Labute approximate surface area is 109 Å². The smallest absolute Gasteiger partial charge is 0.255 e. The van der Waals surface area contributed by atoms with Crippen molar-refractivity contribution in [3.63, 3.8) is 0 Å². The molecule has 3 N–H and O–H groups in total. The number of hydrogen-bond acceptors (Lipinski definition) is 2. The van der Waals surface area contributed by atoms with E-state index in [1.807, 2.05) is 13.0 Å². The lowest BCUT2D eigenvalue weighted by Gasteiger charge is -2.09. The summed E-state index contributed by atoms with van der Waals surface area (Å²) in [5, 5.41) is 2.45. The average Bonchev–Trinajstić information content (AvgIpc) is 2.39. The molecular formula is C14H12F2N2O. The largest absolute Gasteiger partial charge is 0.395 e. The second-order valence-corrected chi connectivity index (χ2v) is 4.15. The Morgan fingerprint density at radius 3 is 2.63 bits per heavy atom. The van der Waals surface area contributed by atoms with Gasteiger partial charge in [-0.05, 0) is 31.2 Å². The summed E-state index contributed by atoms with van der Waals surface area (Å²) in [6.07, 6.45) is 0. The number of nitrogen functional groups attached to an aromatic ring is 1. The van der Waals surface area contributed by atoms with Gasteiger partial charge in [-0.3, -0.25) is 4.79 Å². The molecular weight excluding hydrogens is 250 g/mol. The summed E-state index contributed by atoms with van der Waals surface area (Å²) in [6.45, 7) is 1.85. The summed E-state index contributed by atoms with van der Waals surface area (Å²) in [5.41, 5.74) is 6.38. The molecule has 98 valence electrons. The first-order chi connectivity index (χ1) is 8.99. The standard InChI is InChI=1S/C14H12F2N2O/c1-8-3-2-4-9(7-8)14(19)18-11-6-5-10(15)12(16)13(11)17/h2-7H,17H2,1H3,(H,18,19). The van der Waals surface area contributed by atoms with Gasteiger partial charge in [0.1, 0.15) is 0 Å². The first kappa shape index (κ1) is 13.0. The molecule has 0 aliphatic rings. The summed E-state index contributed by atoms with van der Waals surface area (Å²) in [7, 11) is 0. The molecule has 0 heterocycles. The van der Waals surface area contributed by atoms with Crippen LogP contribution in [0, 0.1) is 18.6 Å². The minimum atomic E-state index is -1.16. The summed E-state index contributed by atoms with van der Waals surface area (Å²) in [5.74, 6) is -2.64. The van der Waals surface area contributed by atoms with Crippen molar-refractivity contribution < 1.29 is 13.6 Å². The molecule has 0 atom stereocenters. The van der Waals surface area contributed by atoms with Gasteiger partial charge in [0.15, 0.2) is 11.6 Å². The van der Waals surface area contributed by atoms with Crippen LogP contribution in [0.15, 0.2) is 36.4 Å². The topological polar surface area (TPSA) is 55.1 Å². The maximum Gasteiger partial charge on any atom is 0.255 e. The van der Waals surface area contributed by atoms with Crippen LogP contribution in [0.1, 0.15) is 15.9 Å². The van der Waals surface area contributed by atoms with E-state index in [2.05, 4.69) is 5.32 Å². The van der Waals surface area contributed by atoms with Crippen molar-refractivity contribution in [2.75, 3.05) is 11.1 Å². The van der Waals surface area contributed by atoms with E-state index in [0.29, 0.717) is 5.56 Å². The number of benzene rings is 2. The lowest BCUT2D eigenvalue weighted by Crippen LogP contribution is -2.14. The van der Waals surface area contributed by atoms with Gasteiger partial charge in [0.25, 0.3) is 5.91 Å². The molecule has 5 heteroatoms. The number of nitrogens with one attached hydrogen (secondary N) is 1. The highest BCUT2D eigenvalue weighted by atomic mass is 19.2. The van der Waals surface area contributed by atoms with Crippen LogP contribution >= 0.6 is 0 Å². The number of halogens is 2. The number of carbonyl (C=O) groups excluding carboxylic acids is 1. The van der Waals surface area contributed by atoms with Gasteiger partial charge in [-0.25, -0.2) is 8.78 Å². The third-order valence-corrected chi connectivity index (χ3v) is 2.66. The van der Waals surface area contributed by atoms with Gasteiger partial charge >= 0.3 is 0 Å². The van der Waals surface area contributed by atoms with Gasteiger partial charge in [-0.15, -0.1) is 0 Å². The Kier molecular flexibility index (Phi) is 3.46. The number of carbonyl (C=O) groups is 1. The van der Waals surface area contributed by atoms with Crippen LogP contribution in [0.4, 0.5) is 20.2 Å². The van der Waals surface area contributed by atoms with Crippen LogP contribution in [0.5, 0.6) is 0 Å². The molecule has 1 amide bonds. The zero-order chi connectivity index (χ0) is 14.0. The molecule has 2 aromatic carbocycles. The molecule has 0 aliphatic carbocycles. The maximum atomic E-state index is 13.3. The molecule has 0 saturated carbocycles. The van der Waals surface area contributed by atoms with E-state index in [0.717, 1.165) is 11.6 Å². The van der Waals surface area contributed by atoms with Gasteiger partial charge in [-0.2, -0.15) is 0 Å². The Morgan fingerprint density at radius 2 is 1.95 bits per heavy atom. The zero-order valence-corrected chi connectivity index (χ0v) is 10.2. The molecule has 0 unspecified atom stereocenters. The Morgan fingerprint density at radius 1 is 1.21 bits per heavy atom. The number of nitrogens with two attached hydrogens (primary N) is 1. The minimum Gasteiger partial charge on any atom is -0.395 e. The quantitative estimate of drug-likeness (QED) is 0.817. The number of aryl methyl sites for hydroxylation is 1. The highest BCUT2D eigenvalue weighted by Gasteiger charge is 2.13. The van der Waals surface area contributed by atoms with Crippen molar-refractivity contribution >= 4 is 17.3 Å². The van der Waals surface area contributed by atoms with E-state index in [1.54, 1.807) is 18.2 Å². The first-order valence-corrected chi connectivity index (χ1v) is 5.60. The fraction of sp³-hybridized carbons (Fsp3) is 0.0714. The average molecular weight is 262 g/mol. The Bertz CT molecular complexity index is 641. The minimum absolute atomic E-state index is 0.0467. The Hall–Kier alpha value is -2.43. The van der Waals surface area contributed by atoms with Crippen LogP contribution < -0.4 is 11.1 Å². The van der Waals surface area contributed by atoms with E-state index < -0.39 is 23.2 Å². The summed E-state index contributed by atoms with van der Waals surface area (Å²) in [4.78, 5) is 11.9. The zero-order valence-electron chi connectivity index (χ0n) is 10.2. The number of hydrogen-bond donors (Lipinski definition) is 2. The van der Waals surface area contributed by atoms with Crippen LogP contribution in [0.2, 0.25) is 0 Å². The van der Waals surface area contributed by atoms with E-state index >= 15 is 0 Å². The van der Waals surface area contributed by atoms with E-state index in [9.17, 15) is 13.6 Å². The summed E-state index contributed by atoms with van der Waals surface area (Å²) < 4.78 is 26.2. The third-order valence-electron chi connectivity index (χ3n) is 2.66. The van der Waals surface area contributed by atoms with Crippen molar-refractivity contribution in [3.05, 3.63) is 59.2 Å². The van der Waals surface area contributed by atoms with Gasteiger partial charge < -0.3 is 11.1 Å². The number of amides is 1. The van der Waals surface area contributed by atoms with Gasteiger partial charge in [-0.1, -0.05) is 17.7 Å². The van der Waals surface area contributed by atoms with Crippen molar-refractivity contribution in [2.24, 2.45) is 0 Å². The Balaban J connectivity index is 2.27. The first-order valence-electron chi connectivity index (χ1n) is 5.60. The second-order valence-electron chi connectivity index (χ2n) is 4.15. The summed E-state index contributed by atoms with van der Waals surface area (Å²) in [6, 6.07) is 9.03. The SMILES string of the molecule is Cc1cccc(C(=O)Nc2ccc(F)c(F)c2N)c1. The molecule has 0 saturated heterocycles. The lowest BCUT2D eigenvalue weighted by molar-refractivity contribution is 0.102. The maximum absolute atomic E-state index is 13.3. The van der Waals surface area contributed by atoms with E-state index in [1.165, 1.54) is 6.07 Å². The van der Waals surface area contributed by atoms with Crippen molar-refractivity contribution in [2.45, 2.75) is 6.92 Å². The van der Waals surface area contributed by atoms with Gasteiger partial charge in [0.2, 0.25) is 0 Å². The highest BCUT2D eigenvalue weighted by Crippen LogP contribution is 2.24. The van der Waals surface area contributed by atoms with Gasteiger partial charge in [0.05, 0.1) is 11.4 Å². The van der Waals surface area contributed by atoms with Crippen molar-refractivity contribution in [1.82, 2.24) is 0 Å². The number of anilines is 2. The monoisotopic (exact) mass is 262 g/mol. The van der Waals surface area contributed by atoms with Crippen LogP contribution in [-0.4, -0.2) is 5.91 Å². The molecule has 2 aromatic rings. The number of rotatable bonds is 2. The third kappa shape index (κ3) is 2.70. The van der Waals surface area contributed by atoms with E-state index in [-0.39, 0.29) is 5.69 Å². The fourth-order valence-corrected chi connectivity index (χ4v) is 1.66. The molecule has 0 aromatic heterocycles. The van der Waals surface area contributed by atoms with Crippen molar-refractivity contribution in [1.29, 1.82) is 0 Å². The highest BCUT2D eigenvalue weighted by molar-refractivity contribution is 6.05. The van der Waals surface area contributed by atoms with Crippen molar-refractivity contribution in [3.8, 4) is 0 Å². The molecule has 0 aliphatic heterocycles. The van der Waals surface area contributed by atoms with Crippen LogP contribution in [-0.2, 0) is 0 Å². The normalized spacial score (nSPS) is 10.3. The molecule has 19 heavy (non-hydrogen) atoms. The molecule has 2 rings (SSSR count). The molecule has 0 fully saturated rings. The fourth-order valence-electron chi connectivity index (χ4n) is 1.66. The predicted molar refractivity (Wildman–Crippen MR) is 69.9 cm³/mol. The molecule has 3 nitrogen and oxygen atoms in total. The molecule has 0 spiro atoms. The second kappa shape index (κ2) is 5.06. The summed E-state index contributed by atoms with van der Waals surface area (Å²) >= 11 is 0. The van der Waals surface area contributed by atoms with Crippen LogP contribution in [0.3, 0.4) is 0 Å². The molecule has 0 radical (unpaired) electrons. The van der Waals surface area contributed by atoms with Crippen LogP contribution in [0.25, 0.3) is 0 Å². The van der Waals surface area contributed by atoms with E-state index in [4.69, 9.17) is 5.73 Å². The predicted octanol–water partition coefficient (Wildman–Crippen LogP) is 3.11.